The number of hydrogen-bond acceptors (Lipinski definition) is 5. The first-order valence-electron chi connectivity index (χ1n) is 12.0. The SMILES string of the molecule is COc1ccc(C=C2CCc3c2nc2ccccc2c3C(=O)OCC(=O)c2cc(C)n(C)c2C)cc1. The van der Waals surface area contributed by atoms with E-state index in [0.29, 0.717) is 17.5 Å². The van der Waals surface area contributed by atoms with Gasteiger partial charge in [0.25, 0.3) is 0 Å². The van der Waals surface area contributed by atoms with Crippen molar-refractivity contribution in [1.82, 2.24) is 9.55 Å². The van der Waals surface area contributed by atoms with E-state index in [-0.39, 0.29) is 12.4 Å². The fraction of sp³-hybridized carbons (Fsp3) is 0.233. The van der Waals surface area contributed by atoms with Crippen molar-refractivity contribution in [3.63, 3.8) is 0 Å². The summed E-state index contributed by atoms with van der Waals surface area (Å²) in [5.41, 5.74) is 7.45. The van der Waals surface area contributed by atoms with Gasteiger partial charge in [-0.1, -0.05) is 30.3 Å². The van der Waals surface area contributed by atoms with Crippen LogP contribution in [0, 0.1) is 13.8 Å². The average Bonchev–Trinajstić information content (AvgIpc) is 3.41. The van der Waals surface area contributed by atoms with Gasteiger partial charge in [-0.3, -0.25) is 4.79 Å². The Balaban J connectivity index is 1.48. The number of aromatic nitrogens is 2. The summed E-state index contributed by atoms with van der Waals surface area (Å²) in [6, 6.07) is 17.3. The zero-order chi connectivity index (χ0) is 25.4. The summed E-state index contributed by atoms with van der Waals surface area (Å²) in [4.78, 5) is 31.2. The van der Waals surface area contributed by atoms with E-state index in [1.165, 1.54) is 0 Å². The lowest BCUT2D eigenvalue weighted by Gasteiger charge is -2.12. The first-order chi connectivity index (χ1) is 17.4. The zero-order valence-electron chi connectivity index (χ0n) is 20.9. The Bertz CT molecular complexity index is 1530. The summed E-state index contributed by atoms with van der Waals surface area (Å²) >= 11 is 0. The third-order valence-electron chi connectivity index (χ3n) is 7.01. The molecule has 0 saturated heterocycles. The van der Waals surface area contributed by atoms with Crippen molar-refractivity contribution in [1.29, 1.82) is 0 Å². The van der Waals surface area contributed by atoms with Crippen molar-refractivity contribution < 1.29 is 19.1 Å². The predicted octanol–water partition coefficient (Wildman–Crippen LogP) is 5.73. The van der Waals surface area contributed by atoms with Crippen molar-refractivity contribution in [3.05, 3.63) is 93.9 Å². The Kier molecular flexibility index (Phi) is 6.18. The molecule has 0 radical (unpaired) electrons. The van der Waals surface area contributed by atoms with Crippen LogP contribution in [-0.4, -0.2) is 35.0 Å². The van der Waals surface area contributed by atoms with Crippen LogP contribution in [0.5, 0.6) is 5.75 Å². The van der Waals surface area contributed by atoms with E-state index in [0.717, 1.165) is 56.9 Å². The third kappa shape index (κ3) is 4.19. The second-order valence-corrected chi connectivity index (χ2v) is 9.12. The van der Waals surface area contributed by atoms with E-state index < -0.39 is 5.97 Å². The molecule has 0 fully saturated rings. The average molecular weight is 481 g/mol. The summed E-state index contributed by atoms with van der Waals surface area (Å²) < 4.78 is 12.8. The van der Waals surface area contributed by atoms with Crippen LogP contribution < -0.4 is 4.74 Å². The molecule has 2 aromatic carbocycles. The van der Waals surface area contributed by atoms with Gasteiger partial charge in [0.1, 0.15) is 5.75 Å². The second-order valence-electron chi connectivity index (χ2n) is 9.12. The van der Waals surface area contributed by atoms with Crippen LogP contribution in [0.4, 0.5) is 0 Å². The van der Waals surface area contributed by atoms with Gasteiger partial charge >= 0.3 is 5.97 Å². The number of fused-ring (bicyclic) bond motifs is 2. The minimum atomic E-state index is -0.491. The molecule has 6 nitrogen and oxygen atoms in total. The number of ether oxygens (including phenoxy) is 2. The lowest BCUT2D eigenvalue weighted by atomic mass is 10.0. The summed E-state index contributed by atoms with van der Waals surface area (Å²) in [6.07, 6.45) is 3.56. The Hall–Kier alpha value is -4.19. The second kappa shape index (κ2) is 9.46. The number of carbonyl (C=O) groups is 2. The standard InChI is InChI=1S/C30H28N2O4/c1-18-15-25(19(2)32(18)3)27(33)17-36-30(34)28-23-7-5-6-8-26(23)31-29-21(11-14-24(28)29)16-20-9-12-22(35-4)13-10-20/h5-10,12-13,15-16H,11,14,17H2,1-4H3. The fourth-order valence-corrected chi connectivity index (χ4v) is 4.83. The number of allylic oxidation sites excluding steroid dienone is 1. The highest BCUT2D eigenvalue weighted by atomic mass is 16.5. The minimum absolute atomic E-state index is 0.209. The molecule has 1 aliphatic rings. The van der Waals surface area contributed by atoms with Gasteiger partial charge in [0.15, 0.2) is 6.61 Å². The van der Waals surface area contributed by atoms with E-state index >= 15 is 0 Å². The molecule has 0 saturated carbocycles. The summed E-state index contributed by atoms with van der Waals surface area (Å²) in [7, 11) is 3.56. The van der Waals surface area contributed by atoms with E-state index in [2.05, 4.69) is 6.08 Å². The molecule has 2 aromatic heterocycles. The minimum Gasteiger partial charge on any atom is -0.497 e. The fourth-order valence-electron chi connectivity index (χ4n) is 4.83. The largest absolute Gasteiger partial charge is 0.497 e. The van der Waals surface area contributed by atoms with Gasteiger partial charge in [0.05, 0.1) is 23.9 Å². The molecule has 0 amide bonds. The van der Waals surface area contributed by atoms with Crippen molar-refractivity contribution in [2.24, 2.45) is 7.05 Å². The van der Waals surface area contributed by atoms with Crippen LogP contribution in [0.25, 0.3) is 22.6 Å². The zero-order valence-corrected chi connectivity index (χ0v) is 20.9. The molecule has 36 heavy (non-hydrogen) atoms. The lowest BCUT2D eigenvalue weighted by Crippen LogP contribution is -2.17. The number of pyridine rings is 1. The maximum atomic E-state index is 13.4. The van der Waals surface area contributed by atoms with Crippen LogP contribution in [-0.2, 0) is 18.2 Å². The van der Waals surface area contributed by atoms with E-state index in [1.54, 1.807) is 7.11 Å². The summed E-state index contributed by atoms with van der Waals surface area (Å²) in [6.45, 7) is 3.53. The summed E-state index contributed by atoms with van der Waals surface area (Å²) in [5, 5.41) is 0.742. The Labute approximate surface area is 210 Å². The predicted molar refractivity (Wildman–Crippen MR) is 140 cm³/mol. The highest BCUT2D eigenvalue weighted by Gasteiger charge is 2.28. The molecule has 2 heterocycles. The number of carbonyl (C=O) groups excluding carboxylic acids is 2. The van der Waals surface area contributed by atoms with E-state index in [4.69, 9.17) is 14.5 Å². The van der Waals surface area contributed by atoms with Gasteiger partial charge in [0, 0.05) is 29.4 Å². The topological polar surface area (TPSA) is 70.4 Å². The maximum Gasteiger partial charge on any atom is 0.339 e. The molecular weight excluding hydrogens is 452 g/mol. The number of esters is 1. The number of nitrogens with zero attached hydrogens (tertiary/aromatic N) is 2. The van der Waals surface area contributed by atoms with Crippen LogP contribution in [0.2, 0.25) is 0 Å². The number of aryl methyl sites for hydroxylation is 1. The van der Waals surface area contributed by atoms with Gasteiger partial charge in [-0.25, -0.2) is 9.78 Å². The molecule has 1 aliphatic carbocycles. The highest BCUT2D eigenvalue weighted by molar-refractivity contribution is 6.08. The number of ketones is 1. The van der Waals surface area contributed by atoms with E-state index in [9.17, 15) is 9.59 Å². The highest BCUT2D eigenvalue weighted by Crippen LogP contribution is 2.38. The van der Waals surface area contributed by atoms with Gasteiger partial charge in [0.2, 0.25) is 5.78 Å². The molecule has 0 spiro atoms. The number of Topliss-reactive ketones (excluding diaryl/α,β-unsaturated/α-hetero) is 1. The van der Waals surface area contributed by atoms with Crippen molar-refractivity contribution >= 4 is 34.3 Å². The van der Waals surface area contributed by atoms with Gasteiger partial charge in [-0.15, -0.1) is 0 Å². The van der Waals surface area contributed by atoms with Gasteiger partial charge < -0.3 is 14.0 Å². The number of hydrogen-bond donors (Lipinski definition) is 0. The Morgan fingerprint density at radius 3 is 2.50 bits per heavy atom. The molecule has 6 heteroatoms. The molecule has 0 unspecified atom stereocenters. The van der Waals surface area contributed by atoms with Crippen molar-refractivity contribution in [3.8, 4) is 5.75 Å². The number of rotatable bonds is 6. The molecular formula is C30H28N2O4. The Morgan fingerprint density at radius 1 is 1.06 bits per heavy atom. The first kappa shape index (κ1) is 23.5. The number of benzene rings is 2. The molecule has 0 bridgehead atoms. The first-order valence-corrected chi connectivity index (χ1v) is 12.0. The van der Waals surface area contributed by atoms with Crippen molar-refractivity contribution in [2.45, 2.75) is 26.7 Å². The monoisotopic (exact) mass is 480 g/mol. The molecule has 4 aromatic rings. The van der Waals surface area contributed by atoms with Crippen LogP contribution in [0.1, 0.15) is 55.3 Å². The quantitative estimate of drug-likeness (QED) is 0.261. The maximum absolute atomic E-state index is 13.4. The van der Waals surface area contributed by atoms with Gasteiger partial charge in [-0.05, 0) is 73.7 Å². The molecule has 0 N–H and O–H groups in total. The van der Waals surface area contributed by atoms with Crippen molar-refractivity contribution in [2.75, 3.05) is 13.7 Å². The van der Waals surface area contributed by atoms with E-state index in [1.807, 2.05) is 80.1 Å². The smallest absolute Gasteiger partial charge is 0.339 e. The molecule has 5 rings (SSSR count). The van der Waals surface area contributed by atoms with Crippen LogP contribution in [0.3, 0.4) is 0 Å². The molecule has 182 valence electrons. The third-order valence-corrected chi connectivity index (χ3v) is 7.01. The lowest BCUT2D eigenvalue weighted by molar-refractivity contribution is 0.0475. The van der Waals surface area contributed by atoms with Gasteiger partial charge in [-0.2, -0.15) is 0 Å². The normalized spacial score (nSPS) is 13.7. The number of para-hydroxylation sites is 1. The van der Waals surface area contributed by atoms with Crippen LogP contribution >= 0.6 is 0 Å². The Morgan fingerprint density at radius 2 is 1.81 bits per heavy atom. The number of methoxy groups -OCH3 is 1. The van der Waals surface area contributed by atoms with Crippen LogP contribution in [0.15, 0.2) is 54.6 Å². The molecule has 0 aliphatic heterocycles. The molecule has 0 atom stereocenters. The summed E-state index contributed by atoms with van der Waals surface area (Å²) in [5.74, 6) is 0.0994.